The number of carbonyl (C=O) groups is 1. The molecule has 0 radical (unpaired) electrons. The zero-order valence-electron chi connectivity index (χ0n) is 22.7. The zero-order chi connectivity index (χ0) is 28.8. The largest absolute Gasteiger partial charge is 0.433 e. The molecule has 4 aromatic rings. The Bertz CT molecular complexity index is 1480. The van der Waals surface area contributed by atoms with E-state index in [1.165, 1.54) is 17.2 Å². The zero-order valence-corrected chi connectivity index (χ0v) is 22.7. The Morgan fingerprint density at radius 2 is 1.73 bits per heavy atom. The lowest BCUT2D eigenvalue weighted by molar-refractivity contribution is -0.0494. The van der Waals surface area contributed by atoms with Gasteiger partial charge < -0.3 is 25.0 Å². The van der Waals surface area contributed by atoms with Crippen LogP contribution in [0.3, 0.4) is 0 Å². The van der Waals surface area contributed by atoms with Crippen LogP contribution in [0.25, 0.3) is 0 Å². The molecule has 11 heteroatoms. The van der Waals surface area contributed by atoms with Crippen molar-refractivity contribution in [3.63, 3.8) is 0 Å². The number of rotatable bonds is 8. The van der Waals surface area contributed by atoms with Crippen molar-refractivity contribution in [2.24, 2.45) is 0 Å². The van der Waals surface area contributed by atoms with Gasteiger partial charge in [0.25, 0.3) is 0 Å². The summed E-state index contributed by atoms with van der Waals surface area (Å²) < 4.78 is 37.2. The summed E-state index contributed by atoms with van der Waals surface area (Å²) in [7, 11) is 0. The number of benzene rings is 3. The minimum Gasteiger partial charge on any atom is -0.433 e. The van der Waals surface area contributed by atoms with Crippen molar-refractivity contribution in [3.8, 4) is 11.5 Å². The first kappa shape index (κ1) is 27.8. The average Bonchev–Trinajstić information content (AvgIpc) is 2.96. The minimum atomic E-state index is -2.98. The van der Waals surface area contributed by atoms with E-state index in [1.54, 1.807) is 42.5 Å². The summed E-state index contributed by atoms with van der Waals surface area (Å²) in [4.78, 5) is 25.7. The number of anilines is 5. The highest BCUT2D eigenvalue weighted by Crippen LogP contribution is 2.34. The van der Waals surface area contributed by atoms with E-state index in [9.17, 15) is 13.6 Å². The van der Waals surface area contributed by atoms with E-state index >= 15 is 0 Å². The van der Waals surface area contributed by atoms with Gasteiger partial charge in [-0.1, -0.05) is 36.4 Å². The van der Waals surface area contributed by atoms with Crippen molar-refractivity contribution in [3.05, 3.63) is 90.1 Å². The van der Waals surface area contributed by atoms with Crippen LogP contribution in [-0.2, 0) is 0 Å². The predicted molar refractivity (Wildman–Crippen MR) is 154 cm³/mol. The van der Waals surface area contributed by atoms with E-state index in [1.807, 2.05) is 43.0 Å². The van der Waals surface area contributed by atoms with Crippen molar-refractivity contribution in [2.75, 3.05) is 41.3 Å². The second-order valence-corrected chi connectivity index (χ2v) is 9.42. The quantitative estimate of drug-likeness (QED) is 0.264. The first-order valence-electron chi connectivity index (χ1n) is 13.2. The molecule has 5 rings (SSSR count). The molecule has 1 fully saturated rings. The molecule has 3 aromatic carbocycles. The number of amides is 1. The normalized spacial score (nSPS) is 13.1. The number of piperazine rings is 1. The Hall–Kier alpha value is -4.77. The number of nitrogens with zero attached hydrogens (tertiary/aromatic N) is 4. The second kappa shape index (κ2) is 12.6. The molecule has 0 aliphatic carbocycles. The molecular weight excluding hydrogens is 530 g/mol. The van der Waals surface area contributed by atoms with Gasteiger partial charge in [-0.05, 0) is 49.2 Å². The first-order valence-corrected chi connectivity index (χ1v) is 13.2. The molecule has 2 N–H and O–H groups in total. The number of nitrogens with one attached hydrogen (secondary N) is 2. The lowest BCUT2D eigenvalue weighted by atomic mass is 10.1. The molecule has 1 aromatic heterocycles. The Morgan fingerprint density at radius 1 is 1.00 bits per heavy atom. The number of carbonyl (C=O) groups excluding carboxylic acids is 1. The monoisotopic (exact) mass is 560 g/mol. The molecular formula is C30H30F2N6O3. The van der Waals surface area contributed by atoms with Crippen LogP contribution in [-0.4, -0.2) is 48.9 Å². The molecule has 212 valence electrons. The summed E-state index contributed by atoms with van der Waals surface area (Å²) in [5.41, 5.74) is 3.21. The molecule has 9 nitrogen and oxygen atoms in total. The van der Waals surface area contributed by atoms with Gasteiger partial charge in [-0.15, -0.1) is 0 Å². The van der Waals surface area contributed by atoms with Crippen LogP contribution in [0.4, 0.5) is 42.4 Å². The number of hydrogen-bond acceptors (Lipinski definition) is 8. The topological polar surface area (TPSA) is 91.9 Å². The molecule has 0 saturated carbocycles. The van der Waals surface area contributed by atoms with Crippen LogP contribution in [0.15, 0.2) is 79.0 Å². The van der Waals surface area contributed by atoms with Crippen molar-refractivity contribution in [2.45, 2.75) is 20.5 Å². The highest BCUT2D eigenvalue weighted by atomic mass is 19.3. The van der Waals surface area contributed by atoms with Gasteiger partial charge in [0, 0.05) is 50.2 Å². The summed E-state index contributed by atoms with van der Waals surface area (Å²) >= 11 is 0. The standard InChI is InChI=1S/C30H30F2N6O3/c1-20-7-6-8-21(2)27(20)41-30(39)38(23-9-4-3-5-10-23)26-13-14-34-29(36-26)35-22-11-12-24(25(19-22)40-28(31)32)37-17-15-33-16-18-37/h3-14,19,28,33H,15-18H2,1-2H3,(H,34,35,36). The van der Waals surface area contributed by atoms with Crippen LogP contribution in [0.5, 0.6) is 11.5 Å². The van der Waals surface area contributed by atoms with Gasteiger partial charge in [0.1, 0.15) is 11.6 Å². The lowest BCUT2D eigenvalue weighted by Crippen LogP contribution is -2.43. The maximum absolute atomic E-state index is 13.5. The third-order valence-electron chi connectivity index (χ3n) is 6.55. The molecule has 1 saturated heterocycles. The Kier molecular flexibility index (Phi) is 8.54. The molecule has 1 aliphatic heterocycles. The molecule has 0 unspecified atom stereocenters. The number of aryl methyl sites for hydroxylation is 2. The summed E-state index contributed by atoms with van der Waals surface area (Å²) in [6.07, 6.45) is 0.852. The van der Waals surface area contributed by atoms with E-state index in [0.29, 0.717) is 35.9 Å². The van der Waals surface area contributed by atoms with Crippen LogP contribution < -0.4 is 29.9 Å². The molecule has 0 atom stereocenters. The summed E-state index contributed by atoms with van der Waals surface area (Å²) in [6.45, 7) is 3.60. The number of aromatic nitrogens is 2. The number of ether oxygens (including phenoxy) is 2. The fourth-order valence-corrected chi connectivity index (χ4v) is 4.61. The number of hydrogen-bond donors (Lipinski definition) is 2. The van der Waals surface area contributed by atoms with Crippen molar-refractivity contribution in [1.29, 1.82) is 0 Å². The molecule has 0 spiro atoms. The minimum absolute atomic E-state index is 0.0474. The second-order valence-electron chi connectivity index (χ2n) is 9.42. The van der Waals surface area contributed by atoms with Gasteiger partial charge >= 0.3 is 12.7 Å². The van der Waals surface area contributed by atoms with Crippen LogP contribution in [0, 0.1) is 13.8 Å². The molecule has 1 amide bonds. The van der Waals surface area contributed by atoms with Gasteiger partial charge in [0.05, 0.1) is 11.4 Å². The van der Waals surface area contributed by atoms with Crippen molar-refractivity contribution >= 4 is 34.9 Å². The van der Waals surface area contributed by atoms with Crippen LogP contribution in [0.1, 0.15) is 11.1 Å². The third-order valence-corrected chi connectivity index (χ3v) is 6.55. The van der Waals surface area contributed by atoms with E-state index < -0.39 is 12.7 Å². The highest BCUT2D eigenvalue weighted by Gasteiger charge is 2.24. The summed E-state index contributed by atoms with van der Waals surface area (Å²) in [6, 6.07) is 21.2. The van der Waals surface area contributed by atoms with Gasteiger partial charge in [-0.2, -0.15) is 13.8 Å². The predicted octanol–water partition coefficient (Wildman–Crippen LogP) is 6.19. The Labute approximate surface area is 236 Å². The molecule has 0 bridgehead atoms. The smallest absolute Gasteiger partial charge is 0.425 e. The maximum atomic E-state index is 13.5. The van der Waals surface area contributed by atoms with Gasteiger partial charge in [-0.25, -0.2) is 14.7 Å². The summed E-state index contributed by atoms with van der Waals surface area (Å²) in [5.74, 6) is 0.931. The fourth-order valence-electron chi connectivity index (χ4n) is 4.61. The number of para-hydroxylation sites is 2. The molecule has 41 heavy (non-hydrogen) atoms. The maximum Gasteiger partial charge on any atom is 0.425 e. The van der Waals surface area contributed by atoms with Crippen LogP contribution >= 0.6 is 0 Å². The van der Waals surface area contributed by atoms with E-state index in [0.717, 1.165) is 24.2 Å². The summed E-state index contributed by atoms with van der Waals surface area (Å²) in [5, 5.41) is 6.29. The molecule has 1 aliphatic rings. The van der Waals surface area contributed by atoms with E-state index in [-0.39, 0.29) is 17.5 Å². The van der Waals surface area contributed by atoms with Crippen molar-refractivity contribution in [1.82, 2.24) is 15.3 Å². The lowest BCUT2D eigenvalue weighted by Gasteiger charge is -2.31. The highest BCUT2D eigenvalue weighted by molar-refractivity contribution is 5.96. The first-order chi connectivity index (χ1) is 19.9. The van der Waals surface area contributed by atoms with E-state index in [4.69, 9.17) is 9.47 Å². The van der Waals surface area contributed by atoms with Crippen molar-refractivity contribution < 1.29 is 23.0 Å². The van der Waals surface area contributed by atoms with Gasteiger partial charge in [-0.3, -0.25) is 0 Å². The van der Waals surface area contributed by atoms with Crippen LogP contribution in [0.2, 0.25) is 0 Å². The van der Waals surface area contributed by atoms with Gasteiger partial charge in [0.15, 0.2) is 5.75 Å². The third kappa shape index (κ3) is 6.69. The van der Waals surface area contributed by atoms with E-state index in [2.05, 4.69) is 20.6 Å². The Balaban J connectivity index is 1.44. The number of halogens is 2. The molecule has 2 heterocycles. The SMILES string of the molecule is Cc1cccc(C)c1OC(=O)N(c1ccccc1)c1ccnc(Nc2ccc(N3CCNCC3)c(OC(F)F)c2)n1. The number of alkyl halides is 2. The average molecular weight is 561 g/mol. The fraction of sp³-hybridized carbons (Fsp3) is 0.233. The van der Waals surface area contributed by atoms with Gasteiger partial charge in [0.2, 0.25) is 5.95 Å². The Morgan fingerprint density at radius 3 is 2.44 bits per heavy atom.